The van der Waals surface area contributed by atoms with Crippen LogP contribution in [0.15, 0.2) is 29.8 Å². The number of alkyl halides is 3. The third-order valence-corrected chi connectivity index (χ3v) is 4.13. The Labute approximate surface area is 152 Å². The van der Waals surface area contributed by atoms with Gasteiger partial charge in [0.05, 0.1) is 11.3 Å². The quantitative estimate of drug-likeness (QED) is 0.849. The number of primary amides is 1. The Hall–Kier alpha value is -2.42. The van der Waals surface area contributed by atoms with Gasteiger partial charge in [-0.3, -0.25) is 14.5 Å². The number of aromatic nitrogens is 1. The highest BCUT2D eigenvalue weighted by atomic mass is 32.1. The van der Waals surface area contributed by atoms with Crippen LogP contribution in [0.5, 0.6) is 0 Å². The molecule has 0 radical (unpaired) electrons. The van der Waals surface area contributed by atoms with Crippen LogP contribution in [0, 0.1) is 5.41 Å². The molecule has 0 aliphatic heterocycles. The summed E-state index contributed by atoms with van der Waals surface area (Å²) in [6, 6.07) is 2.89. The van der Waals surface area contributed by atoms with E-state index < -0.39 is 29.0 Å². The summed E-state index contributed by atoms with van der Waals surface area (Å²) in [7, 11) is 0. The van der Waals surface area contributed by atoms with Crippen molar-refractivity contribution in [3.05, 3.63) is 40.9 Å². The monoisotopic (exact) mass is 385 g/mol. The molecular weight excluding hydrogens is 367 g/mol. The molecule has 1 aromatic carbocycles. The predicted octanol–water partition coefficient (Wildman–Crippen LogP) is 4.36. The van der Waals surface area contributed by atoms with Crippen LogP contribution < -0.4 is 10.6 Å². The summed E-state index contributed by atoms with van der Waals surface area (Å²) in [6.07, 6.45) is -3.36. The molecule has 0 bridgehead atoms. The molecule has 0 spiro atoms. The van der Waals surface area contributed by atoms with Crippen LogP contribution in [0.3, 0.4) is 0 Å². The van der Waals surface area contributed by atoms with Gasteiger partial charge >= 0.3 is 6.18 Å². The zero-order valence-electron chi connectivity index (χ0n) is 14.4. The Morgan fingerprint density at radius 2 is 1.88 bits per heavy atom. The van der Waals surface area contributed by atoms with E-state index in [1.807, 2.05) is 20.8 Å². The van der Waals surface area contributed by atoms with Crippen molar-refractivity contribution in [2.45, 2.75) is 33.4 Å². The molecule has 140 valence electrons. The van der Waals surface area contributed by atoms with Crippen molar-refractivity contribution < 1.29 is 22.8 Å². The molecule has 1 heterocycles. The number of hydrogen-bond donors (Lipinski definition) is 1. The summed E-state index contributed by atoms with van der Waals surface area (Å²) in [5.74, 6) is -1.51. The molecule has 0 aliphatic carbocycles. The standard InChI is InChI=1S/C17H18F3N3O2S/c1-16(2,3)9-13(24)23(15-22-6-7-26-15)12-5-4-10(14(21)25)8-11(12)17(18,19)20/h4-8H,9H2,1-3H3,(H2,21,25). The van der Waals surface area contributed by atoms with Gasteiger partial charge < -0.3 is 5.73 Å². The molecule has 0 atom stereocenters. The number of nitrogens with zero attached hydrogens (tertiary/aromatic N) is 2. The number of carbonyl (C=O) groups excluding carboxylic acids is 2. The average molecular weight is 385 g/mol. The first kappa shape index (κ1) is 19.9. The summed E-state index contributed by atoms with van der Waals surface area (Å²) in [5, 5.41) is 1.69. The highest BCUT2D eigenvalue weighted by molar-refractivity contribution is 7.13. The Morgan fingerprint density at radius 1 is 1.23 bits per heavy atom. The van der Waals surface area contributed by atoms with Crippen LogP contribution in [0.25, 0.3) is 0 Å². The molecule has 0 saturated carbocycles. The summed E-state index contributed by atoms with van der Waals surface area (Å²) >= 11 is 1.05. The van der Waals surface area contributed by atoms with Gasteiger partial charge in [0.25, 0.3) is 0 Å². The largest absolute Gasteiger partial charge is 0.418 e. The van der Waals surface area contributed by atoms with Crippen LogP contribution in [-0.2, 0) is 11.0 Å². The molecule has 26 heavy (non-hydrogen) atoms. The second kappa shape index (κ2) is 7.06. The average Bonchev–Trinajstić information content (AvgIpc) is 2.98. The smallest absolute Gasteiger partial charge is 0.366 e. The minimum atomic E-state index is -4.78. The van der Waals surface area contributed by atoms with E-state index in [0.717, 1.165) is 28.4 Å². The molecule has 0 saturated heterocycles. The summed E-state index contributed by atoms with van der Waals surface area (Å²) < 4.78 is 40.8. The van der Waals surface area contributed by atoms with E-state index in [1.54, 1.807) is 5.38 Å². The molecular formula is C17H18F3N3O2S. The van der Waals surface area contributed by atoms with Gasteiger partial charge in [-0.05, 0) is 23.6 Å². The van der Waals surface area contributed by atoms with Gasteiger partial charge in [0, 0.05) is 23.6 Å². The van der Waals surface area contributed by atoms with E-state index in [-0.39, 0.29) is 22.8 Å². The van der Waals surface area contributed by atoms with Crippen molar-refractivity contribution in [2.75, 3.05) is 4.90 Å². The minimum absolute atomic E-state index is 0.0153. The molecule has 9 heteroatoms. The zero-order valence-corrected chi connectivity index (χ0v) is 15.2. The van der Waals surface area contributed by atoms with Gasteiger partial charge in [0.1, 0.15) is 0 Å². The fourth-order valence-corrected chi connectivity index (χ4v) is 2.99. The zero-order chi connectivity index (χ0) is 19.7. The van der Waals surface area contributed by atoms with Gasteiger partial charge in [-0.1, -0.05) is 20.8 Å². The molecule has 0 fully saturated rings. The number of nitrogens with two attached hydrogens (primary N) is 1. The van der Waals surface area contributed by atoms with E-state index in [1.165, 1.54) is 6.20 Å². The number of amides is 2. The van der Waals surface area contributed by atoms with Crippen molar-refractivity contribution in [1.29, 1.82) is 0 Å². The lowest BCUT2D eigenvalue weighted by molar-refractivity contribution is -0.137. The summed E-state index contributed by atoms with van der Waals surface area (Å²) in [6.45, 7) is 5.43. The van der Waals surface area contributed by atoms with Crippen molar-refractivity contribution in [3.63, 3.8) is 0 Å². The first-order chi connectivity index (χ1) is 11.9. The molecule has 2 amide bonds. The van der Waals surface area contributed by atoms with E-state index in [0.29, 0.717) is 6.07 Å². The summed E-state index contributed by atoms with van der Waals surface area (Å²) in [4.78, 5) is 29.0. The van der Waals surface area contributed by atoms with Gasteiger partial charge in [-0.15, -0.1) is 11.3 Å². The number of benzene rings is 1. The van der Waals surface area contributed by atoms with Crippen LogP contribution in [0.2, 0.25) is 0 Å². The lowest BCUT2D eigenvalue weighted by atomic mass is 9.91. The molecule has 2 aromatic rings. The highest BCUT2D eigenvalue weighted by Crippen LogP contribution is 2.41. The van der Waals surface area contributed by atoms with E-state index in [4.69, 9.17) is 5.73 Å². The number of anilines is 2. The normalized spacial score (nSPS) is 12.1. The van der Waals surface area contributed by atoms with Gasteiger partial charge in [0.15, 0.2) is 5.13 Å². The maximum atomic E-state index is 13.6. The van der Waals surface area contributed by atoms with Gasteiger partial charge in [-0.25, -0.2) is 4.98 Å². The van der Waals surface area contributed by atoms with Crippen molar-refractivity contribution in [2.24, 2.45) is 11.1 Å². The first-order valence-electron chi connectivity index (χ1n) is 7.63. The maximum absolute atomic E-state index is 13.6. The fraction of sp³-hybridized carbons (Fsp3) is 0.353. The number of carbonyl (C=O) groups is 2. The topological polar surface area (TPSA) is 76.3 Å². The second-order valence-corrected chi connectivity index (χ2v) is 7.75. The minimum Gasteiger partial charge on any atom is -0.366 e. The number of hydrogen-bond acceptors (Lipinski definition) is 4. The predicted molar refractivity (Wildman–Crippen MR) is 93.3 cm³/mol. The molecule has 2 rings (SSSR count). The number of thiazole rings is 1. The molecule has 0 unspecified atom stereocenters. The number of halogens is 3. The lowest BCUT2D eigenvalue weighted by Crippen LogP contribution is -2.31. The van der Waals surface area contributed by atoms with Crippen LogP contribution >= 0.6 is 11.3 Å². The van der Waals surface area contributed by atoms with Crippen molar-refractivity contribution in [1.82, 2.24) is 4.98 Å². The molecule has 0 aliphatic rings. The van der Waals surface area contributed by atoms with Crippen LogP contribution in [0.4, 0.5) is 24.0 Å². The maximum Gasteiger partial charge on any atom is 0.418 e. The van der Waals surface area contributed by atoms with E-state index >= 15 is 0 Å². The molecule has 5 nitrogen and oxygen atoms in total. The molecule has 2 N–H and O–H groups in total. The van der Waals surface area contributed by atoms with E-state index in [2.05, 4.69) is 4.98 Å². The van der Waals surface area contributed by atoms with Crippen molar-refractivity contribution in [3.8, 4) is 0 Å². The Kier molecular flexibility index (Phi) is 5.41. The van der Waals surface area contributed by atoms with Crippen LogP contribution in [-0.4, -0.2) is 16.8 Å². The third-order valence-electron chi connectivity index (χ3n) is 3.37. The lowest BCUT2D eigenvalue weighted by Gasteiger charge is -2.27. The number of rotatable bonds is 4. The van der Waals surface area contributed by atoms with Gasteiger partial charge in [0.2, 0.25) is 11.8 Å². The van der Waals surface area contributed by atoms with E-state index in [9.17, 15) is 22.8 Å². The second-order valence-electron chi connectivity index (χ2n) is 6.88. The SMILES string of the molecule is CC(C)(C)CC(=O)N(c1nccs1)c1ccc(C(N)=O)cc1C(F)(F)F. The summed E-state index contributed by atoms with van der Waals surface area (Å²) in [5.41, 5.74) is 2.87. The Balaban J connectivity index is 2.65. The fourth-order valence-electron chi connectivity index (χ4n) is 2.31. The van der Waals surface area contributed by atoms with Crippen molar-refractivity contribution >= 4 is 34.0 Å². The third kappa shape index (κ3) is 4.60. The first-order valence-corrected chi connectivity index (χ1v) is 8.51. The highest BCUT2D eigenvalue weighted by Gasteiger charge is 2.38. The molecule has 1 aromatic heterocycles. The Morgan fingerprint density at radius 3 is 2.35 bits per heavy atom. The van der Waals surface area contributed by atoms with Crippen LogP contribution in [0.1, 0.15) is 43.1 Å². The Bertz CT molecular complexity index is 812. The van der Waals surface area contributed by atoms with Gasteiger partial charge in [-0.2, -0.15) is 13.2 Å².